The van der Waals surface area contributed by atoms with E-state index < -0.39 is 12.6 Å². The van der Waals surface area contributed by atoms with Gasteiger partial charge >= 0.3 is 0 Å². The highest BCUT2D eigenvalue weighted by Crippen LogP contribution is 2.39. The molecule has 0 bridgehead atoms. The number of rotatable bonds is 9. The highest BCUT2D eigenvalue weighted by molar-refractivity contribution is 8.18. The number of aliphatic imine (C=N–C) groups is 1. The molecule has 2 aromatic rings. The first kappa shape index (κ1) is 25.5. The minimum Gasteiger partial charge on any atom is -0.546 e. The maximum absolute atomic E-state index is 13.2. The van der Waals surface area contributed by atoms with Crippen molar-refractivity contribution in [1.29, 1.82) is 0 Å². The molecule has 10 heteroatoms. The third-order valence-corrected chi connectivity index (χ3v) is 5.90. The molecule has 8 nitrogen and oxygen atoms in total. The topological polar surface area (TPSA) is 100 Å². The molecule has 1 heterocycles. The SMILES string of the molecule is COc1ccc(N=C2S/C(=C\c3cc(Cl)c(OCC(=O)[O-])c(OC)c3)C(=O)N2CC(C)C)cc1. The van der Waals surface area contributed by atoms with Gasteiger partial charge < -0.3 is 24.1 Å². The Morgan fingerprint density at radius 1 is 1.21 bits per heavy atom. The lowest BCUT2D eigenvalue weighted by molar-refractivity contribution is -0.307. The molecule has 0 unspecified atom stereocenters. The minimum atomic E-state index is -1.38. The predicted octanol–water partition coefficient (Wildman–Crippen LogP) is 3.75. The van der Waals surface area contributed by atoms with Gasteiger partial charge in [-0.3, -0.25) is 9.69 Å². The van der Waals surface area contributed by atoms with Gasteiger partial charge in [-0.05, 0) is 65.7 Å². The number of carboxylic acids is 1. The van der Waals surface area contributed by atoms with Crippen molar-refractivity contribution in [1.82, 2.24) is 4.90 Å². The molecule has 1 aliphatic rings. The summed E-state index contributed by atoms with van der Waals surface area (Å²) in [5, 5.41) is 11.4. The summed E-state index contributed by atoms with van der Waals surface area (Å²) >= 11 is 7.55. The van der Waals surface area contributed by atoms with E-state index in [1.54, 1.807) is 30.2 Å². The summed E-state index contributed by atoms with van der Waals surface area (Å²) in [7, 11) is 3.00. The number of thioether (sulfide) groups is 1. The highest BCUT2D eigenvalue weighted by atomic mass is 35.5. The highest BCUT2D eigenvalue weighted by Gasteiger charge is 2.33. The summed E-state index contributed by atoms with van der Waals surface area (Å²) in [6.45, 7) is 3.90. The van der Waals surface area contributed by atoms with Crippen molar-refractivity contribution in [2.45, 2.75) is 13.8 Å². The summed E-state index contributed by atoms with van der Waals surface area (Å²) in [6.07, 6.45) is 1.69. The van der Waals surface area contributed by atoms with Crippen molar-refractivity contribution >= 4 is 52.2 Å². The number of amides is 1. The average Bonchev–Trinajstić information content (AvgIpc) is 3.06. The number of carbonyl (C=O) groups is 2. The Morgan fingerprint density at radius 2 is 1.91 bits per heavy atom. The Bertz CT molecular complexity index is 1130. The Kier molecular flexibility index (Phi) is 8.46. The number of carboxylic acid groups (broad SMARTS) is 1. The van der Waals surface area contributed by atoms with E-state index in [0.29, 0.717) is 27.9 Å². The molecule has 1 saturated heterocycles. The zero-order chi connectivity index (χ0) is 24.8. The molecule has 0 N–H and O–H groups in total. The van der Waals surface area contributed by atoms with Crippen molar-refractivity contribution in [2.24, 2.45) is 10.9 Å². The monoisotopic (exact) mass is 503 g/mol. The number of halogens is 1. The number of carbonyl (C=O) groups excluding carboxylic acids is 2. The summed E-state index contributed by atoms with van der Waals surface area (Å²) in [5.41, 5.74) is 1.29. The van der Waals surface area contributed by atoms with Gasteiger partial charge in [0, 0.05) is 6.54 Å². The Morgan fingerprint density at radius 3 is 2.50 bits per heavy atom. The maximum atomic E-state index is 13.2. The van der Waals surface area contributed by atoms with E-state index in [2.05, 4.69) is 4.99 Å². The maximum Gasteiger partial charge on any atom is 0.266 e. The average molecular weight is 504 g/mol. The van der Waals surface area contributed by atoms with Crippen LogP contribution in [0, 0.1) is 5.92 Å². The molecular formula is C24H24ClN2O6S-. The quantitative estimate of drug-likeness (QED) is 0.480. The first-order chi connectivity index (χ1) is 16.2. The Balaban J connectivity index is 1.94. The largest absolute Gasteiger partial charge is 0.546 e. The van der Waals surface area contributed by atoms with E-state index >= 15 is 0 Å². The van der Waals surface area contributed by atoms with Crippen LogP contribution in [0.1, 0.15) is 19.4 Å². The second kappa shape index (κ2) is 11.3. The van der Waals surface area contributed by atoms with Gasteiger partial charge in [0.1, 0.15) is 12.4 Å². The van der Waals surface area contributed by atoms with Gasteiger partial charge in [0.25, 0.3) is 5.91 Å². The van der Waals surface area contributed by atoms with Crippen LogP contribution in [-0.2, 0) is 9.59 Å². The van der Waals surface area contributed by atoms with Crippen LogP contribution >= 0.6 is 23.4 Å². The first-order valence-electron chi connectivity index (χ1n) is 10.4. The Hall–Kier alpha value is -3.17. The molecule has 0 radical (unpaired) electrons. The fraction of sp³-hybridized carbons (Fsp3) is 0.292. The van der Waals surface area contributed by atoms with E-state index in [0.717, 1.165) is 5.75 Å². The van der Waals surface area contributed by atoms with Crippen LogP contribution in [0.4, 0.5) is 5.69 Å². The molecule has 1 aliphatic heterocycles. The van der Waals surface area contributed by atoms with Crippen LogP contribution in [0.15, 0.2) is 46.3 Å². The van der Waals surface area contributed by atoms with Crippen LogP contribution < -0.4 is 19.3 Å². The van der Waals surface area contributed by atoms with Gasteiger partial charge in [-0.1, -0.05) is 25.4 Å². The molecule has 2 aromatic carbocycles. The molecule has 180 valence electrons. The van der Waals surface area contributed by atoms with Gasteiger partial charge in [0.05, 0.1) is 35.8 Å². The van der Waals surface area contributed by atoms with Crippen LogP contribution in [0.2, 0.25) is 5.02 Å². The van der Waals surface area contributed by atoms with E-state index in [1.807, 2.05) is 38.1 Å². The van der Waals surface area contributed by atoms with Gasteiger partial charge in [-0.25, -0.2) is 4.99 Å². The van der Waals surface area contributed by atoms with Crippen LogP contribution in [0.3, 0.4) is 0 Å². The number of ether oxygens (including phenoxy) is 3. The normalized spacial score (nSPS) is 15.9. The third kappa shape index (κ3) is 6.24. The molecule has 0 saturated carbocycles. The lowest BCUT2D eigenvalue weighted by Crippen LogP contribution is -2.32. The second-order valence-corrected chi connectivity index (χ2v) is 9.12. The first-order valence-corrected chi connectivity index (χ1v) is 11.6. The second-order valence-electron chi connectivity index (χ2n) is 7.71. The van der Waals surface area contributed by atoms with Crippen LogP contribution in [-0.4, -0.2) is 49.3 Å². The zero-order valence-corrected chi connectivity index (χ0v) is 20.7. The van der Waals surface area contributed by atoms with Crippen molar-refractivity contribution in [2.75, 3.05) is 27.4 Å². The lowest BCUT2D eigenvalue weighted by Gasteiger charge is -2.17. The molecule has 1 amide bonds. The summed E-state index contributed by atoms with van der Waals surface area (Å²) < 4.78 is 15.7. The smallest absolute Gasteiger partial charge is 0.266 e. The summed E-state index contributed by atoms with van der Waals surface area (Å²) in [5.74, 6) is -0.271. The van der Waals surface area contributed by atoms with E-state index in [4.69, 9.17) is 25.8 Å². The van der Waals surface area contributed by atoms with Gasteiger partial charge in [-0.15, -0.1) is 0 Å². The number of hydrogen-bond donors (Lipinski definition) is 0. The number of hydrogen-bond acceptors (Lipinski definition) is 8. The summed E-state index contributed by atoms with van der Waals surface area (Å²) in [4.78, 5) is 30.7. The van der Waals surface area contributed by atoms with Crippen LogP contribution in [0.25, 0.3) is 6.08 Å². The van der Waals surface area contributed by atoms with Gasteiger partial charge in [0.2, 0.25) is 0 Å². The van der Waals surface area contributed by atoms with Gasteiger partial charge in [0.15, 0.2) is 16.7 Å². The van der Waals surface area contributed by atoms with E-state index in [1.165, 1.54) is 18.9 Å². The number of aliphatic carboxylic acids is 1. The van der Waals surface area contributed by atoms with Gasteiger partial charge in [-0.2, -0.15) is 0 Å². The molecule has 34 heavy (non-hydrogen) atoms. The third-order valence-electron chi connectivity index (χ3n) is 4.62. The molecule has 3 rings (SSSR count). The van der Waals surface area contributed by atoms with Crippen molar-refractivity contribution in [3.63, 3.8) is 0 Å². The molecule has 0 aliphatic carbocycles. The van der Waals surface area contributed by atoms with Crippen molar-refractivity contribution in [3.05, 3.63) is 51.9 Å². The lowest BCUT2D eigenvalue weighted by atomic mass is 10.1. The minimum absolute atomic E-state index is 0.0871. The van der Waals surface area contributed by atoms with E-state index in [9.17, 15) is 14.7 Å². The summed E-state index contributed by atoms with van der Waals surface area (Å²) in [6, 6.07) is 10.4. The molecule has 0 aromatic heterocycles. The number of methoxy groups -OCH3 is 2. The van der Waals surface area contributed by atoms with Crippen LogP contribution in [0.5, 0.6) is 17.2 Å². The number of benzene rings is 2. The standard InChI is InChI=1S/C24H25ClN2O6S/c1-14(2)12-27-23(30)20(34-24(27)26-16-5-7-17(31-3)8-6-16)11-15-9-18(25)22(19(10-15)32-4)33-13-21(28)29/h5-11,14H,12-13H2,1-4H3,(H,28,29)/p-1/b20-11-,26-24?. The fourth-order valence-electron chi connectivity index (χ4n) is 3.13. The molecular weight excluding hydrogens is 480 g/mol. The zero-order valence-electron chi connectivity index (χ0n) is 19.2. The predicted molar refractivity (Wildman–Crippen MR) is 131 cm³/mol. The molecule has 0 atom stereocenters. The fourth-order valence-corrected chi connectivity index (χ4v) is 4.41. The Labute approximate surface area is 207 Å². The molecule has 0 spiro atoms. The van der Waals surface area contributed by atoms with Crippen molar-refractivity contribution < 1.29 is 28.9 Å². The van der Waals surface area contributed by atoms with Crippen molar-refractivity contribution in [3.8, 4) is 17.2 Å². The molecule has 1 fully saturated rings. The number of nitrogens with zero attached hydrogens (tertiary/aromatic N) is 2. The van der Waals surface area contributed by atoms with E-state index in [-0.39, 0.29) is 28.3 Å². The number of amidine groups is 1.